The van der Waals surface area contributed by atoms with Gasteiger partial charge < -0.3 is 20.4 Å². The van der Waals surface area contributed by atoms with Crippen molar-refractivity contribution >= 4 is 17.6 Å². The van der Waals surface area contributed by atoms with Crippen LogP contribution in [0.25, 0.3) is 11.5 Å². The van der Waals surface area contributed by atoms with Crippen molar-refractivity contribution in [1.29, 1.82) is 0 Å². The molecule has 1 aliphatic rings. The van der Waals surface area contributed by atoms with Gasteiger partial charge >= 0.3 is 6.18 Å². The highest BCUT2D eigenvalue weighted by Crippen LogP contribution is 2.31. The lowest BCUT2D eigenvalue weighted by atomic mass is 9.98. The molecule has 36 heavy (non-hydrogen) atoms. The van der Waals surface area contributed by atoms with Crippen molar-refractivity contribution in [2.24, 2.45) is 17.6 Å². The third kappa shape index (κ3) is 5.92. The predicted molar refractivity (Wildman–Crippen MR) is 123 cm³/mol. The smallest absolute Gasteiger partial charge is 0.414 e. The number of likely N-dealkylation sites (tertiary alicyclic amines) is 1. The minimum Gasteiger partial charge on any atom is -0.414 e. The molecule has 1 aromatic heterocycles. The Bertz CT molecular complexity index is 1100. The van der Waals surface area contributed by atoms with E-state index in [4.69, 9.17) is 10.2 Å². The van der Waals surface area contributed by atoms with Crippen molar-refractivity contribution in [3.05, 3.63) is 35.7 Å². The minimum absolute atomic E-state index is 0.0943. The summed E-state index contributed by atoms with van der Waals surface area (Å²) in [6.07, 6.45) is -3.41. The highest BCUT2D eigenvalue weighted by Gasteiger charge is 2.39. The Labute approximate surface area is 206 Å². The van der Waals surface area contributed by atoms with Gasteiger partial charge in [-0.15, -0.1) is 10.2 Å². The first-order valence-electron chi connectivity index (χ1n) is 11.7. The van der Waals surface area contributed by atoms with E-state index in [1.54, 1.807) is 13.8 Å². The maximum Gasteiger partial charge on any atom is 0.416 e. The summed E-state index contributed by atoms with van der Waals surface area (Å²) in [6, 6.07) is 1.58. The van der Waals surface area contributed by atoms with Crippen molar-refractivity contribution in [3.8, 4) is 11.5 Å². The fourth-order valence-electron chi connectivity index (χ4n) is 3.94. The Morgan fingerprint density at radius 3 is 2.28 bits per heavy atom. The van der Waals surface area contributed by atoms with Crippen molar-refractivity contribution in [2.45, 2.75) is 64.8 Å². The third-order valence-corrected chi connectivity index (χ3v) is 6.18. The van der Waals surface area contributed by atoms with Gasteiger partial charge in [-0.2, -0.15) is 13.2 Å². The molecule has 12 heteroatoms. The number of halogens is 3. The van der Waals surface area contributed by atoms with Crippen LogP contribution in [0.5, 0.6) is 0 Å². The number of hydrogen-bond acceptors (Lipinski definition) is 7. The van der Waals surface area contributed by atoms with Crippen LogP contribution in [-0.4, -0.2) is 57.4 Å². The molecule has 1 aliphatic heterocycles. The normalized spacial score (nSPS) is 17.9. The average molecular weight is 510 g/mol. The molecule has 2 heterocycles. The summed E-state index contributed by atoms with van der Waals surface area (Å²) in [7, 11) is 0. The van der Waals surface area contributed by atoms with E-state index < -0.39 is 41.6 Å². The fraction of sp³-hybridized carbons (Fsp3) is 0.542. The number of hydrogen-bond donors (Lipinski definition) is 2. The first-order valence-corrected chi connectivity index (χ1v) is 11.7. The van der Waals surface area contributed by atoms with E-state index in [2.05, 4.69) is 15.5 Å². The molecule has 0 radical (unpaired) electrons. The van der Waals surface area contributed by atoms with Gasteiger partial charge in [0.05, 0.1) is 17.6 Å². The van der Waals surface area contributed by atoms with Crippen LogP contribution in [-0.2, 0) is 15.8 Å². The van der Waals surface area contributed by atoms with Crippen LogP contribution in [0.3, 0.4) is 0 Å². The number of nitrogens with one attached hydrogen (secondary N) is 1. The SMILES string of the molecule is CC(C)[C@H](N)C(=O)N1CCC[C@H]1C(=O)N[C@H](C(=O)c1nnc(-c2ccc(C(F)(F)F)cc2)o1)C(C)C. The number of benzene rings is 1. The zero-order chi connectivity index (χ0) is 26.8. The van der Waals surface area contributed by atoms with Crippen LogP contribution in [0.1, 0.15) is 56.8 Å². The molecule has 0 saturated carbocycles. The number of amides is 2. The van der Waals surface area contributed by atoms with Crippen molar-refractivity contribution in [1.82, 2.24) is 20.4 Å². The lowest BCUT2D eigenvalue weighted by Gasteiger charge is -2.29. The minimum atomic E-state index is -4.49. The number of Topliss-reactive ketones (excluding diaryl/α,β-unsaturated/α-hetero) is 1. The van der Waals surface area contributed by atoms with Gasteiger partial charge in [0.25, 0.3) is 5.89 Å². The van der Waals surface area contributed by atoms with E-state index in [1.165, 1.54) is 17.0 Å². The van der Waals surface area contributed by atoms with Gasteiger partial charge in [0.2, 0.25) is 23.5 Å². The second kappa shape index (κ2) is 10.8. The number of aromatic nitrogens is 2. The summed E-state index contributed by atoms with van der Waals surface area (Å²) >= 11 is 0. The number of nitrogens with zero attached hydrogens (tertiary/aromatic N) is 3. The molecular weight excluding hydrogens is 479 g/mol. The van der Waals surface area contributed by atoms with Gasteiger partial charge in [-0.3, -0.25) is 14.4 Å². The molecular formula is C24H30F3N5O4. The summed E-state index contributed by atoms with van der Waals surface area (Å²) in [5.74, 6) is -2.39. The van der Waals surface area contributed by atoms with E-state index >= 15 is 0 Å². The van der Waals surface area contributed by atoms with Gasteiger partial charge in [-0.25, -0.2) is 0 Å². The monoisotopic (exact) mass is 509 g/mol. The molecule has 1 saturated heterocycles. The molecule has 1 aromatic carbocycles. The van der Waals surface area contributed by atoms with Gasteiger partial charge in [-0.1, -0.05) is 27.7 Å². The fourth-order valence-corrected chi connectivity index (χ4v) is 3.94. The maximum absolute atomic E-state index is 13.1. The van der Waals surface area contributed by atoms with Crippen molar-refractivity contribution < 1.29 is 32.0 Å². The zero-order valence-electron chi connectivity index (χ0n) is 20.5. The van der Waals surface area contributed by atoms with E-state index in [0.717, 1.165) is 12.1 Å². The number of carbonyl (C=O) groups excluding carboxylic acids is 3. The number of rotatable bonds is 8. The Morgan fingerprint density at radius 2 is 1.72 bits per heavy atom. The van der Waals surface area contributed by atoms with Gasteiger partial charge in [0.1, 0.15) is 6.04 Å². The molecule has 2 aromatic rings. The topological polar surface area (TPSA) is 131 Å². The number of nitrogens with two attached hydrogens (primary N) is 1. The molecule has 3 atom stereocenters. The maximum atomic E-state index is 13.1. The van der Waals surface area contributed by atoms with E-state index in [1.807, 2.05) is 13.8 Å². The van der Waals surface area contributed by atoms with Gasteiger partial charge in [0, 0.05) is 12.1 Å². The molecule has 3 N–H and O–H groups in total. The molecule has 196 valence electrons. The average Bonchev–Trinajstić information content (AvgIpc) is 3.50. The molecule has 1 fully saturated rings. The number of carbonyl (C=O) groups is 3. The van der Waals surface area contributed by atoms with Crippen LogP contribution in [0, 0.1) is 11.8 Å². The van der Waals surface area contributed by atoms with E-state index in [0.29, 0.717) is 19.4 Å². The van der Waals surface area contributed by atoms with Gasteiger partial charge in [0.15, 0.2) is 0 Å². The predicted octanol–water partition coefficient (Wildman–Crippen LogP) is 3.05. The van der Waals surface area contributed by atoms with Crippen molar-refractivity contribution in [2.75, 3.05) is 6.54 Å². The van der Waals surface area contributed by atoms with Crippen LogP contribution in [0.15, 0.2) is 28.7 Å². The Balaban J connectivity index is 1.74. The second-order valence-electron chi connectivity index (χ2n) is 9.54. The quantitative estimate of drug-likeness (QED) is 0.523. The first kappa shape index (κ1) is 27.3. The standard InChI is InChI=1S/C24H30F3N5O4/c1-12(2)17(28)23(35)32-11-5-6-16(32)20(34)29-18(13(3)4)19(33)22-31-30-21(36-22)14-7-9-15(10-8-14)24(25,26)27/h7-10,12-13,16-18H,5-6,11,28H2,1-4H3,(H,29,34)/t16-,17-,18-/m0/s1. The summed E-state index contributed by atoms with van der Waals surface area (Å²) < 4.78 is 43.8. The molecule has 9 nitrogen and oxygen atoms in total. The molecule has 0 bridgehead atoms. The Kier molecular flexibility index (Phi) is 8.17. The summed E-state index contributed by atoms with van der Waals surface area (Å²) in [4.78, 5) is 40.4. The highest BCUT2D eigenvalue weighted by molar-refractivity contribution is 6.00. The van der Waals surface area contributed by atoms with Crippen LogP contribution < -0.4 is 11.1 Å². The van der Waals surface area contributed by atoms with Gasteiger partial charge in [-0.05, 0) is 48.9 Å². The molecule has 0 unspecified atom stereocenters. The molecule has 2 amide bonds. The lowest BCUT2D eigenvalue weighted by molar-refractivity contribution is -0.140. The van der Waals surface area contributed by atoms with Crippen LogP contribution in [0.2, 0.25) is 0 Å². The third-order valence-electron chi connectivity index (χ3n) is 6.18. The molecule has 0 spiro atoms. The highest BCUT2D eigenvalue weighted by atomic mass is 19.4. The van der Waals surface area contributed by atoms with E-state index in [-0.39, 0.29) is 35.1 Å². The number of ketones is 1. The Hall–Kier alpha value is -3.28. The number of alkyl halides is 3. The summed E-state index contributed by atoms with van der Waals surface area (Å²) in [5.41, 5.74) is 5.37. The Morgan fingerprint density at radius 1 is 1.08 bits per heavy atom. The van der Waals surface area contributed by atoms with Crippen LogP contribution >= 0.6 is 0 Å². The van der Waals surface area contributed by atoms with E-state index in [9.17, 15) is 27.6 Å². The molecule has 0 aliphatic carbocycles. The summed E-state index contributed by atoms with van der Waals surface area (Å²) in [5, 5.41) is 10.2. The first-order chi connectivity index (χ1) is 16.8. The van der Waals surface area contributed by atoms with Crippen molar-refractivity contribution in [3.63, 3.8) is 0 Å². The summed E-state index contributed by atoms with van der Waals surface area (Å²) in [6.45, 7) is 7.50. The lowest BCUT2D eigenvalue weighted by Crippen LogP contribution is -2.55. The second-order valence-corrected chi connectivity index (χ2v) is 9.54. The largest absolute Gasteiger partial charge is 0.416 e. The zero-order valence-corrected chi connectivity index (χ0v) is 20.5. The van der Waals surface area contributed by atoms with Crippen LogP contribution in [0.4, 0.5) is 13.2 Å². The molecule has 3 rings (SSSR count).